The fraction of sp³-hybridized carbons (Fsp3) is 0.294. The summed E-state index contributed by atoms with van der Waals surface area (Å²) in [5, 5.41) is 5.15. The lowest BCUT2D eigenvalue weighted by Gasteiger charge is -2.28. The predicted octanol–water partition coefficient (Wildman–Crippen LogP) is 1.57. The Kier molecular flexibility index (Phi) is 3.41. The molecule has 0 aromatic carbocycles. The van der Waals surface area contributed by atoms with Crippen molar-refractivity contribution in [3.8, 4) is 5.88 Å². The van der Waals surface area contributed by atoms with Crippen molar-refractivity contribution in [1.82, 2.24) is 24.6 Å². The monoisotopic (exact) mass is 323 g/mol. The van der Waals surface area contributed by atoms with E-state index in [0.717, 1.165) is 28.7 Å². The zero-order valence-electron chi connectivity index (χ0n) is 13.6. The molecule has 0 saturated carbocycles. The van der Waals surface area contributed by atoms with Gasteiger partial charge in [-0.05, 0) is 23.8 Å². The van der Waals surface area contributed by atoms with Gasteiger partial charge in [-0.15, -0.1) is 5.10 Å². The number of rotatable bonds is 2. The number of fused-ring (bicyclic) bond motifs is 2. The largest absolute Gasteiger partial charge is 0.479 e. The van der Waals surface area contributed by atoms with Gasteiger partial charge in [-0.1, -0.05) is 0 Å². The Labute approximate surface area is 138 Å². The smallest absolute Gasteiger partial charge is 0.261 e. The van der Waals surface area contributed by atoms with Gasteiger partial charge in [-0.2, -0.15) is 0 Å². The van der Waals surface area contributed by atoms with E-state index in [0.29, 0.717) is 24.5 Å². The van der Waals surface area contributed by atoms with E-state index in [4.69, 9.17) is 4.74 Å². The molecule has 24 heavy (non-hydrogen) atoms. The number of aromatic nitrogens is 4. The molecule has 0 N–H and O–H groups in total. The Morgan fingerprint density at radius 2 is 2.25 bits per heavy atom. The molecule has 0 spiro atoms. The van der Waals surface area contributed by atoms with Crippen molar-refractivity contribution in [2.24, 2.45) is 7.05 Å². The van der Waals surface area contributed by atoms with Crippen LogP contribution in [0.3, 0.4) is 0 Å². The van der Waals surface area contributed by atoms with E-state index < -0.39 is 0 Å². The van der Waals surface area contributed by atoms with E-state index in [2.05, 4.69) is 21.1 Å². The molecule has 0 unspecified atom stereocenters. The van der Waals surface area contributed by atoms with Crippen LogP contribution in [0.1, 0.15) is 21.6 Å². The van der Waals surface area contributed by atoms with Gasteiger partial charge in [0.2, 0.25) is 5.88 Å². The standard InChI is InChI=1S/C17H17N5O2/c1-21-10-13(16(20-21)24-2)17(23)22-7-5-14-12(9-22)8-11-4-3-6-18-15(11)19-14/h3-4,6,8,10H,5,7,9H2,1-2H3. The van der Waals surface area contributed by atoms with Gasteiger partial charge in [0.05, 0.1) is 7.11 Å². The minimum atomic E-state index is -0.0723. The van der Waals surface area contributed by atoms with Crippen LogP contribution in [0.4, 0.5) is 0 Å². The van der Waals surface area contributed by atoms with E-state index in [9.17, 15) is 4.79 Å². The lowest BCUT2D eigenvalue weighted by atomic mass is 10.0. The zero-order valence-corrected chi connectivity index (χ0v) is 13.6. The molecule has 7 nitrogen and oxygen atoms in total. The van der Waals surface area contributed by atoms with Crippen molar-refractivity contribution in [3.05, 3.63) is 47.4 Å². The second-order valence-corrected chi connectivity index (χ2v) is 5.85. The Bertz CT molecular complexity index is 934. The van der Waals surface area contributed by atoms with Gasteiger partial charge in [0.15, 0.2) is 5.65 Å². The second-order valence-electron chi connectivity index (χ2n) is 5.85. The van der Waals surface area contributed by atoms with Crippen LogP contribution in [0, 0.1) is 0 Å². The lowest BCUT2D eigenvalue weighted by molar-refractivity contribution is 0.0730. The Hall–Kier alpha value is -2.96. The summed E-state index contributed by atoms with van der Waals surface area (Å²) < 4.78 is 6.79. The fourth-order valence-electron chi connectivity index (χ4n) is 3.07. The summed E-state index contributed by atoms with van der Waals surface area (Å²) in [6.45, 7) is 1.15. The van der Waals surface area contributed by atoms with Crippen LogP contribution in [-0.2, 0) is 20.0 Å². The third-order valence-corrected chi connectivity index (χ3v) is 4.24. The number of carbonyl (C=O) groups excluding carboxylic acids is 1. The Morgan fingerprint density at radius 3 is 3.08 bits per heavy atom. The van der Waals surface area contributed by atoms with E-state index in [1.807, 2.05) is 17.0 Å². The maximum Gasteiger partial charge on any atom is 0.261 e. The topological polar surface area (TPSA) is 73.1 Å². The first kappa shape index (κ1) is 14.6. The van der Waals surface area contributed by atoms with E-state index in [1.165, 1.54) is 7.11 Å². The van der Waals surface area contributed by atoms with E-state index in [1.54, 1.807) is 24.1 Å². The van der Waals surface area contributed by atoms with Crippen LogP contribution in [0.2, 0.25) is 0 Å². The summed E-state index contributed by atoms with van der Waals surface area (Å²) >= 11 is 0. The summed E-state index contributed by atoms with van der Waals surface area (Å²) in [5.74, 6) is 0.283. The van der Waals surface area contributed by atoms with Crippen LogP contribution < -0.4 is 4.74 Å². The molecule has 4 heterocycles. The quantitative estimate of drug-likeness (QED) is 0.716. The molecule has 0 aliphatic carbocycles. The number of nitrogens with zero attached hydrogens (tertiary/aromatic N) is 5. The number of carbonyl (C=O) groups is 1. The van der Waals surface area contributed by atoms with E-state index in [-0.39, 0.29) is 5.91 Å². The van der Waals surface area contributed by atoms with Crippen LogP contribution >= 0.6 is 0 Å². The summed E-state index contributed by atoms with van der Waals surface area (Å²) in [5.41, 5.74) is 3.32. The summed E-state index contributed by atoms with van der Waals surface area (Å²) in [6.07, 6.45) is 4.16. The molecule has 1 aliphatic rings. The zero-order chi connectivity index (χ0) is 16.7. The van der Waals surface area contributed by atoms with Crippen molar-refractivity contribution < 1.29 is 9.53 Å². The van der Waals surface area contributed by atoms with Gasteiger partial charge in [-0.3, -0.25) is 9.48 Å². The minimum absolute atomic E-state index is 0.0723. The predicted molar refractivity (Wildman–Crippen MR) is 87.7 cm³/mol. The van der Waals surface area contributed by atoms with Crippen molar-refractivity contribution >= 4 is 16.9 Å². The van der Waals surface area contributed by atoms with Gasteiger partial charge in [-0.25, -0.2) is 9.97 Å². The number of aryl methyl sites for hydroxylation is 1. The summed E-state index contributed by atoms with van der Waals surface area (Å²) in [7, 11) is 3.29. The number of methoxy groups -OCH3 is 1. The molecule has 0 fully saturated rings. The average Bonchev–Trinajstić information content (AvgIpc) is 2.99. The summed E-state index contributed by atoms with van der Waals surface area (Å²) in [6, 6.07) is 5.95. The number of pyridine rings is 2. The molecule has 1 aliphatic heterocycles. The third-order valence-electron chi connectivity index (χ3n) is 4.24. The van der Waals surface area contributed by atoms with Crippen molar-refractivity contribution in [2.45, 2.75) is 13.0 Å². The number of ether oxygens (including phenoxy) is 1. The van der Waals surface area contributed by atoms with Crippen LogP contribution in [-0.4, -0.2) is 44.2 Å². The first-order valence-electron chi connectivity index (χ1n) is 7.76. The number of amides is 1. The van der Waals surface area contributed by atoms with Crippen molar-refractivity contribution in [2.75, 3.05) is 13.7 Å². The molecule has 0 atom stereocenters. The summed E-state index contributed by atoms with van der Waals surface area (Å²) in [4.78, 5) is 23.6. The van der Waals surface area contributed by atoms with Gasteiger partial charge in [0.25, 0.3) is 5.91 Å². The average molecular weight is 323 g/mol. The molecule has 122 valence electrons. The van der Waals surface area contributed by atoms with Crippen LogP contribution in [0.25, 0.3) is 11.0 Å². The molecule has 0 bridgehead atoms. The van der Waals surface area contributed by atoms with Gasteiger partial charge in [0.1, 0.15) is 5.56 Å². The van der Waals surface area contributed by atoms with Gasteiger partial charge >= 0.3 is 0 Å². The molecular weight excluding hydrogens is 306 g/mol. The Balaban J connectivity index is 1.66. The highest BCUT2D eigenvalue weighted by molar-refractivity contribution is 5.96. The first-order valence-corrected chi connectivity index (χ1v) is 7.76. The van der Waals surface area contributed by atoms with E-state index >= 15 is 0 Å². The number of hydrogen-bond donors (Lipinski definition) is 0. The highest BCUT2D eigenvalue weighted by atomic mass is 16.5. The molecule has 0 saturated heterocycles. The normalized spacial score (nSPS) is 13.8. The molecule has 0 radical (unpaired) electrons. The van der Waals surface area contributed by atoms with Gasteiger partial charge in [0, 0.05) is 50.0 Å². The van der Waals surface area contributed by atoms with Crippen molar-refractivity contribution in [3.63, 3.8) is 0 Å². The first-order chi connectivity index (χ1) is 11.7. The second kappa shape index (κ2) is 5.59. The SMILES string of the molecule is COc1nn(C)cc1C(=O)N1CCc2nc3ncccc3cc2C1. The van der Waals surface area contributed by atoms with Crippen LogP contribution in [0.15, 0.2) is 30.6 Å². The minimum Gasteiger partial charge on any atom is -0.479 e. The third kappa shape index (κ3) is 2.38. The fourth-order valence-corrected chi connectivity index (χ4v) is 3.07. The highest BCUT2D eigenvalue weighted by Crippen LogP contribution is 2.24. The molecule has 1 amide bonds. The number of hydrogen-bond acceptors (Lipinski definition) is 5. The molecule has 3 aromatic rings. The lowest BCUT2D eigenvalue weighted by Crippen LogP contribution is -2.36. The maximum absolute atomic E-state index is 12.8. The highest BCUT2D eigenvalue weighted by Gasteiger charge is 2.26. The molecule has 7 heteroatoms. The molecular formula is C17H17N5O2. The molecule has 3 aromatic heterocycles. The van der Waals surface area contributed by atoms with Crippen molar-refractivity contribution in [1.29, 1.82) is 0 Å². The Morgan fingerprint density at radius 1 is 1.38 bits per heavy atom. The van der Waals surface area contributed by atoms with Crippen LogP contribution in [0.5, 0.6) is 5.88 Å². The maximum atomic E-state index is 12.8. The molecule has 4 rings (SSSR count). The van der Waals surface area contributed by atoms with Gasteiger partial charge < -0.3 is 9.64 Å².